The molecule has 1 heterocycles. The zero-order valence-electron chi connectivity index (χ0n) is 23.7. The number of hydrogen-bond acceptors (Lipinski definition) is 6. The summed E-state index contributed by atoms with van der Waals surface area (Å²) in [5, 5.41) is 0.666. The van der Waals surface area contributed by atoms with Gasteiger partial charge in [0.15, 0.2) is 5.13 Å². The monoisotopic (exact) mass is 558 g/mol. The molecule has 0 unspecified atom stereocenters. The Bertz CT molecular complexity index is 1310. The average Bonchev–Trinajstić information content (AvgIpc) is 3.33. The molecular formula is C29H42N4O3S2. The topological polar surface area (TPSA) is 73.8 Å². The van der Waals surface area contributed by atoms with Gasteiger partial charge in [0.05, 0.1) is 15.1 Å². The average molecular weight is 559 g/mol. The predicted octanol–water partition coefficient (Wildman–Crippen LogP) is 6.10. The Morgan fingerprint density at radius 3 is 2.08 bits per heavy atom. The van der Waals surface area contributed by atoms with E-state index in [1.165, 1.54) is 16.9 Å². The number of aromatic nitrogens is 1. The molecule has 7 nitrogen and oxygen atoms in total. The molecule has 0 saturated carbocycles. The minimum Gasteiger partial charge on any atom is -0.309 e. The van der Waals surface area contributed by atoms with Gasteiger partial charge in [-0.25, -0.2) is 13.4 Å². The van der Waals surface area contributed by atoms with E-state index in [1.54, 1.807) is 33.5 Å². The highest BCUT2D eigenvalue weighted by Crippen LogP contribution is 2.33. The Labute approximate surface area is 232 Å². The SMILES string of the molecule is CCCCN(CCCC)S(=O)(=O)c1ccc(C(=O)N(CCCN(C)C)c2nc3c(C)c(C)ccc3s2)cc1. The number of carbonyl (C=O) groups is 1. The normalized spacial score (nSPS) is 12.1. The number of thiazole rings is 1. The second-order valence-electron chi connectivity index (χ2n) is 10.1. The third kappa shape index (κ3) is 7.20. The van der Waals surface area contributed by atoms with E-state index in [2.05, 4.69) is 44.7 Å². The van der Waals surface area contributed by atoms with Gasteiger partial charge in [0, 0.05) is 25.2 Å². The minimum absolute atomic E-state index is 0.171. The molecule has 0 atom stereocenters. The summed E-state index contributed by atoms with van der Waals surface area (Å²) in [5.41, 5.74) is 3.67. The molecular weight excluding hydrogens is 516 g/mol. The number of aryl methyl sites for hydroxylation is 2. The van der Waals surface area contributed by atoms with Gasteiger partial charge in [-0.05, 0) is 95.2 Å². The van der Waals surface area contributed by atoms with E-state index in [-0.39, 0.29) is 10.8 Å². The van der Waals surface area contributed by atoms with Gasteiger partial charge in [-0.15, -0.1) is 0 Å². The molecule has 0 spiro atoms. The number of anilines is 1. The fraction of sp³-hybridized carbons (Fsp3) is 0.517. The van der Waals surface area contributed by atoms with Crippen molar-refractivity contribution in [2.24, 2.45) is 0 Å². The maximum atomic E-state index is 13.7. The first-order valence-electron chi connectivity index (χ1n) is 13.5. The third-order valence-corrected chi connectivity index (χ3v) is 9.75. The van der Waals surface area contributed by atoms with Gasteiger partial charge in [-0.2, -0.15) is 4.31 Å². The van der Waals surface area contributed by atoms with Crippen LogP contribution in [0.1, 0.15) is 67.4 Å². The van der Waals surface area contributed by atoms with E-state index in [0.717, 1.165) is 54.4 Å². The molecule has 1 aromatic heterocycles. The highest BCUT2D eigenvalue weighted by molar-refractivity contribution is 7.89. The molecule has 0 aliphatic rings. The fourth-order valence-corrected chi connectivity index (χ4v) is 6.82. The Kier molecular flexibility index (Phi) is 10.8. The molecule has 2 aromatic carbocycles. The second-order valence-corrected chi connectivity index (χ2v) is 13.0. The van der Waals surface area contributed by atoms with Crippen molar-refractivity contribution in [2.45, 2.75) is 64.7 Å². The van der Waals surface area contributed by atoms with E-state index in [0.29, 0.717) is 30.3 Å². The summed E-state index contributed by atoms with van der Waals surface area (Å²) < 4.78 is 29.4. The van der Waals surface area contributed by atoms with Crippen molar-refractivity contribution in [3.63, 3.8) is 0 Å². The van der Waals surface area contributed by atoms with Gasteiger partial charge >= 0.3 is 0 Å². The molecule has 9 heteroatoms. The number of unbranched alkanes of at least 4 members (excludes halogenated alkanes) is 2. The van der Waals surface area contributed by atoms with Crippen LogP contribution in [0.4, 0.5) is 5.13 Å². The molecule has 38 heavy (non-hydrogen) atoms. The fourth-order valence-electron chi connectivity index (χ4n) is 4.25. The van der Waals surface area contributed by atoms with Crippen LogP contribution in [-0.2, 0) is 10.0 Å². The maximum Gasteiger partial charge on any atom is 0.260 e. The van der Waals surface area contributed by atoms with Crippen LogP contribution in [0.25, 0.3) is 10.2 Å². The van der Waals surface area contributed by atoms with Gasteiger partial charge in [0.1, 0.15) is 0 Å². The molecule has 0 aliphatic carbocycles. The van der Waals surface area contributed by atoms with E-state index >= 15 is 0 Å². The number of hydrogen-bond donors (Lipinski definition) is 0. The van der Waals surface area contributed by atoms with Crippen LogP contribution in [0.2, 0.25) is 0 Å². The van der Waals surface area contributed by atoms with Gasteiger partial charge < -0.3 is 4.90 Å². The summed E-state index contributed by atoms with van der Waals surface area (Å²) in [5.74, 6) is -0.171. The molecule has 3 rings (SSSR count). The largest absolute Gasteiger partial charge is 0.309 e. The summed E-state index contributed by atoms with van der Waals surface area (Å²) in [6, 6.07) is 10.5. The number of amides is 1. The Hall–Kier alpha value is -2.33. The Morgan fingerprint density at radius 2 is 1.50 bits per heavy atom. The first kappa shape index (κ1) is 30.2. The summed E-state index contributed by atoms with van der Waals surface area (Å²) in [4.78, 5) is 22.7. The zero-order chi connectivity index (χ0) is 27.9. The smallest absolute Gasteiger partial charge is 0.260 e. The molecule has 0 N–H and O–H groups in total. The molecule has 0 radical (unpaired) electrons. The summed E-state index contributed by atoms with van der Waals surface area (Å²) >= 11 is 1.51. The van der Waals surface area contributed by atoms with Crippen LogP contribution in [0, 0.1) is 13.8 Å². The number of fused-ring (bicyclic) bond motifs is 1. The summed E-state index contributed by atoms with van der Waals surface area (Å²) in [6.07, 6.45) is 4.30. The molecule has 0 aliphatic heterocycles. The molecule has 208 valence electrons. The van der Waals surface area contributed by atoms with Gasteiger partial charge in [0.2, 0.25) is 10.0 Å². The van der Waals surface area contributed by atoms with E-state index < -0.39 is 10.0 Å². The number of rotatable bonds is 14. The van der Waals surface area contributed by atoms with E-state index in [1.807, 2.05) is 14.1 Å². The second kappa shape index (κ2) is 13.6. The number of sulfonamides is 1. The van der Waals surface area contributed by atoms with Crippen molar-refractivity contribution >= 4 is 42.6 Å². The van der Waals surface area contributed by atoms with Crippen molar-refractivity contribution in [3.05, 3.63) is 53.1 Å². The lowest BCUT2D eigenvalue weighted by Gasteiger charge is -2.23. The quantitative estimate of drug-likeness (QED) is 0.239. The van der Waals surface area contributed by atoms with Gasteiger partial charge in [-0.1, -0.05) is 44.1 Å². The van der Waals surface area contributed by atoms with E-state index in [4.69, 9.17) is 4.98 Å². The van der Waals surface area contributed by atoms with Gasteiger partial charge in [0.25, 0.3) is 5.91 Å². The molecule has 3 aromatic rings. The van der Waals surface area contributed by atoms with Crippen molar-refractivity contribution in [3.8, 4) is 0 Å². The lowest BCUT2D eigenvalue weighted by molar-refractivity contribution is 0.0986. The molecule has 0 bridgehead atoms. The Balaban J connectivity index is 1.91. The lowest BCUT2D eigenvalue weighted by Crippen LogP contribution is -2.34. The van der Waals surface area contributed by atoms with Crippen LogP contribution in [-0.4, -0.2) is 68.8 Å². The van der Waals surface area contributed by atoms with Crippen molar-refractivity contribution in [1.29, 1.82) is 0 Å². The first-order chi connectivity index (χ1) is 18.1. The highest BCUT2D eigenvalue weighted by Gasteiger charge is 2.26. The maximum absolute atomic E-state index is 13.7. The van der Waals surface area contributed by atoms with Gasteiger partial charge in [-0.3, -0.25) is 9.69 Å². The highest BCUT2D eigenvalue weighted by atomic mass is 32.2. The minimum atomic E-state index is -3.62. The predicted molar refractivity (Wildman–Crippen MR) is 159 cm³/mol. The molecule has 0 saturated heterocycles. The number of carbonyl (C=O) groups excluding carboxylic acids is 1. The molecule has 0 fully saturated rings. The third-order valence-electron chi connectivity index (χ3n) is 6.80. The summed E-state index contributed by atoms with van der Waals surface area (Å²) in [6.45, 7) is 10.6. The number of nitrogens with zero attached hydrogens (tertiary/aromatic N) is 4. The van der Waals surface area contributed by atoms with E-state index in [9.17, 15) is 13.2 Å². The van der Waals surface area contributed by atoms with Crippen molar-refractivity contribution in [2.75, 3.05) is 45.2 Å². The summed E-state index contributed by atoms with van der Waals surface area (Å²) in [7, 11) is 0.409. The number of benzene rings is 2. The van der Waals surface area contributed by atoms with Crippen molar-refractivity contribution < 1.29 is 13.2 Å². The molecule has 1 amide bonds. The van der Waals surface area contributed by atoms with Crippen LogP contribution >= 0.6 is 11.3 Å². The van der Waals surface area contributed by atoms with Crippen molar-refractivity contribution in [1.82, 2.24) is 14.2 Å². The van der Waals surface area contributed by atoms with Crippen LogP contribution in [0.15, 0.2) is 41.3 Å². The Morgan fingerprint density at radius 1 is 0.868 bits per heavy atom. The lowest BCUT2D eigenvalue weighted by atomic mass is 10.1. The first-order valence-corrected chi connectivity index (χ1v) is 15.8. The standard InChI is InChI=1S/C29H42N4O3S2/c1-7-9-19-32(20-10-8-2)38(35,36)25-15-13-24(14-16-25)28(34)33(21-11-18-31(5)6)29-30-27-23(4)22(3)12-17-26(27)37-29/h12-17H,7-11,18-21H2,1-6H3. The van der Waals surface area contributed by atoms with Crippen LogP contribution < -0.4 is 4.90 Å². The van der Waals surface area contributed by atoms with Crippen LogP contribution in [0.3, 0.4) is 0 Å². The van der Waals surface area contributed by atoms with Crippen LogP contribution in [0.5, 0.6) is 0 Å². The zero-order valence-corrected chi connectivity index (χ0v) is 25.3.